The SMILES string of the molecule is Fc1c(F)c(F)c([B-](c2c(F)c(F)c(F)c(F)c2F)(c2c(F)c(F)c(F)c(F)c2F)c2cccc3ccccc23)c(F)c1F. The highest BCUT2D eigenvalue weighted by Gasteiger charge is 2.49. The lowest BCUT2D eigenvalue weighted by Crippen LogP contribution is -2.79. The van der Waals surface area contributed by atoms with Crippen molar-refractivity contribution in [1.82, 2.24) is 0 Å². The van der Waals surface area contributed by atoms with Crippen LogP contribution in [0.4, 0.5) is 65.9 Å². The van der Waals surface area contributed by atoms with E-state index in [4.69, 9.17) is 0 Å². The van der Waals surface area contributed by atoms with E-state index in [2.05, 4.69) is 0 Å². The summed E-state index contributed by atoms with van der Waals surface area (Å²) in [4.78, 5) is 0. The average molecular weight is 639 g/mol. The number of hydrogen-bond acceptors (Lipinski definition) is 0. The highest BCUT2D eigenvalue weighted by Crippen LogP contribution is 2.29. The summed E-state index contributed by atoms with van der Waals surface area (Å²) in [6, 6.07) is 6.59. The molecule has 0 atom stereocenters. The van der Waals surface area contributed by atoms with Crippen molar-refractivity contribution >= 4 is 38.8 Å². The molecule has 0 aliphatic carbocycles. The average Bonchev–Trinajstić information content (AvgIpc) is 3.02. The molecule has 5 aromatic carbocycles. The van der Waals surface area contributed by atoms with Gasteiger partial charge in [-0.3, -0.25) is 0 Å². The number of benzene rings is 5. The van der Waals surface area contributed by atoms with Gasteiger partial charge in [0.2, 0.25) is 0 Å². The molecule has 0 spiro atoms. The predicted molar refractivity (Wildman–Crippen MR) is 127 cm³/mol. The Bertz CT molecular complexity index is 1780. The summed E-state index contributed by atoms with van der Waals surface area (Å²) in [5, 5.41) is -0.875. The molecule has 5 aromatic rings. The summed E-state index contributed by atoms with van der Waals surface area (Å²) in [6.07, 6.45) is -5.83. The first-order chi connectivity index (χ1) is 20.6. The molecule has 0 saturated heterocycles. The van der Waals surface area contributed by atoms with Crippen LogP contribution in [0.1, 0.15) is 0 Å². The molecular formula is C28H7BF15-. The van der Waals surface area contributed by atoms with Crippen LogP contribution in [0.5, 0.6) is 0 Å². The zero-order valence-corrected chi connectivity index (χ0v) is 20.8. The van der Waals surface area contributed by atoms with Gasteiger partial charge in [0.1, 0.15) is 41.0 Å². The van der Waals surface area contributed by atoms with E-state index in [1.54, 1.807) is 0 Å². The smallest absolute Gasteiger partial charge is 0.200 e. The summed E-state index contributed by atoms with van der Waals surface area (Å²) in [7, 11) is 0. The third kappa shape index (κ3) is 3.92. The molecule has 44 heavy (non-hydrogen) atoms. The van der Waals surface area contributed by atoms with Crippen LogP contribution < -0.4 is 21.9 Å². The van der Waals surface area contributed by atoms with Crippen molar-refractivity contribution in [2.24, 2.45) is 0 Å². The number of fused-ring (bicyclic) bond motifs is 1. The van der Waals surface area contributed by atoms with E-state index < -0.39 is 121 Å². The quantitative estimate of drug-likeness (QED) is 0.0938. The number of halogens is 15. The first kappa shape index (κ1) is 30.8. The van der Waals surface area contributed by atoms with Crippen LogP contribution in [-0.4, -0.2) is 6.15 Å². The van der Waals surface area contributed by atoms with E-state index in [0.29, 0.717) is 6.07 Å². The molecule has 0 saturated carbocycles. The van der Waals surface area contributed by atoms with Crippen molar-refractivity contribution in [2.75, 3.05) is 0 Å². The summed E-state index contributed by atoms with van der Waals surface area (Å²) in [5.41, 5.74) is -9.39. The van der Waals surface area contributed by atoms with Crippen LogP contribution in [-0.2, 0) is 0 Å². The fourth-order valence-electron chi connectivity index (χ4n) is 5.53. The van der Waals surface area contributed by atoms with Crippen LogP contribution in [0.15, 0.2) is 42.5 Å². The van der Waals surface area contributed by atoms with E-state index in [0.717, 1.165) is 30.3 Å². The van der Waals surface area contributed by atoms with Gasteiger partial charge in [-0.05, 0) is 5.39 Å². The summed E-state index contributed by atoms with van der Waals surface area (Å²) in [6.45, 7) is 0. The first-order valence-corrected chi connectivity index (χ1v) is 11.8. The molecule has 0 aliphatic heterocycles. The second-order valence-corrected chi connectivity index (χ2v) is 9.39. The van der Waals surface area contributed by atoms with Crippen molar-refractivity contribution in [3.63, 3.8) is 0 Å². The molecule has 0 bridgehead atoms. The van der Waals surface area contributed by atoms with Gasteiger partial charge in [0.05, 0.1) is 0 Å². The van der Waals surface area contributed by atoms with Gasteiger partial charge in [0.25, 0.3) is 0 Å². The van der Waals surface area contributed by atoms with Gasteiger partial charge in [-0.2, -0.15) is 5.46 Å². The third-order valence-corrected chi connectivity index (χ3v) is 7.32. The minimum atomic E-state index is -5.83. The Balaban J connectivity index is 2.32. The Hall–Kier alpha value is -4.63. The fourth-order valence-corrected chi connectivity index (χ4v) is 5.53. The lowest BCUT2D eigenvalue weighted by atomic mass is 9.12. The van der Waals surface area contributed by atoms with Crippen molar-refractivity contribution < 1.29 is 65.9 Å². The third-order valence-electron chi connectivity index (χ3n) is 7.32. The second-order valence-electron chi connectivity index (χ2n) is 9.39. The fraction of sp³-hybridized carbons (Fsp3) is 0. The van der Waals surface area contributed by atoms with Crippen molar-refractivity contribution in [3.05, 3.63) is 130 Å². The molecular weight excluding hydrogens is 632 g/mol. The number of rotatable bonds is 4. The van der Waals surface area contributed by atoms with Crippen LogP contribution in [0.25, 0.3) is 10.8 Å². The lowest BCUT2D eigenvalue weighted by Gasteiger charge is -2.45. The Morgan fingerprint density at radius 1 is 0.295 bits per heavy atom. The highest BCUT2D eigenvalue weighted by molar-refractivity contribution is 7.21. The van der Waals surface area contributed by atoms with E-state index in [1.807, 2.05) is 0 Å². The molecule has 0 radical (unpaired) electrons. The van der Waals surface area contributed by atoms with Crippen LogP contribution in [0, 0.1) is 87.3 Å². The molecule has 0 aliphatic rings. The van der Waals surface area contributed by atoms with Gasteiger partial charge in [-0.1, -0.05) is 47.9 Å². The Kier molecular flexibility index (Phi) is 7.37. The van der Waals surface area contributed by atoms with Gasteiger partial charge in [0, 0.05) is 0 Å². The Morgan fingerprint density at radius 3 is 0.909 bits per heavy atom. The van der Waals surface area contributed by atoms with Crippen LogP contribution >= 0.6 is 0 Å². The zero-order valence-electron chi connectivity index (χ0n) is 20.8. The molecule has 0 unspecified atom stereocenters. The van der Waals surface area contributed by atoms with Gasteiger partial charge in [0.15, 0.2) is 52.4 Å². The molecule has 0 fully saturated rings. The molecule has 0 amide bonds. The number of hydrogen-bond donors (Lipinski definition) is 0. The maximum atomic E-state index is 15.7. The maximum absolute atomic E-state index is 15.7. The summed E-state index contributed by atoms with van der Waals surface area (Å²) >= 11 is 0. The maximum Gasteiger partial charge on any atom is 0.200 e. The molecule has 0 aromatic heterocycles. The standard InChI is InChI=1S/C28H7BF15/c30-14-11(15(31)21(37)26(42)20(14)36)29(10-7-3-5-8-4-1-2-6-9(8)10,12-16(32)22(38)27(43)23(39)17(12)33)13-18(34)24(40)28(44)25(41)19(13)35/h1-7H/q-1. The minimum absolute atomic E-state index is 0.215. The molecule has 0 nitrogen and oxygen atoms in total. The summed E-state index contributed by atoms with van der Waals surface area (Å²) < 4.78 is 225. The van der Waals surface area contributed by atoms with Crippen molar-refractivity contribution in [1.29, 1.82) is 0 Å². The first-order valence-electron chi connectivity index (χ1n) is 11.8. The van der Waals surface area contributed by atoms with Crippen molar-refractivity contribution in [3.8, 4) is 0 Å². The van der Waals surface area contributed by atoms with Gasteiger partial charge >= 0.3 is 0 Å². The zero-order chi connectivity index (χ0) is 32.6. The molecule has 0 heterocycles. The van der Waals surface area contributed by atoms with E-state index >= 15 is 26.3 Å². The van der Waals surface area contributed by atoms with Crippen LogP contribution in [0.3, 0.4) is 0 Å². The van der Waals surface area contributed by atoms with Gasteiger partial charge in [-0.15, -0.1) is 16.4 Å². The molecule has 16 heteroatoms. The Labute approximate surface area is 234 Å². The van der Waals surface area contributed by atoms with Crippen molar-refractivity contribution in [2.45, 2.75) is 0 Å². The van der Waals surface area contributed by atoms with E-state index in [-0.39, 0.29) is 5.39 Å². The van der Waals surface area contributed by atoms with Gasteiger partial charge in [-0.25, -0.2) is 65.9 Å². The monoisotopic (exact) mass is 639 g/mol. The second kappa shape index (κ2) is 10.5. The molecule has 0 N–H and O–H groups in total. The largest absolute Gasteiger partial charge is 0.207 e. The minimum Gasteiger partial charge on any atom is -0.207 e. The summed E-state index contributed by atoms with van der Waals surface area (Å²) in [5.74, 6) is -45.5. The topological polar surface area (TPSA) is 0 Å². The lowest BCUT2D eigenvalue weighted by molar-refractivity contribution is 0.380. The predicted octanol–water partition coefficient (Wildman–Crippen LogP) is 6.30. The van der Waals surface area contributed by atoms with E-state index in [1.165, 1.54) is 6.07 Å². The Morgan fingerprint density at radius 2 is 0.568 bits per heavy atom. The normalized spacial score (nSPS) is 12.0. The van der Waals surface area contributed by atoms with Gasteiger partial charge < -0.3 is 0 Å². The van der Waals surface area contributed by atoms with E-state index in [9.17, 15) is 39.5 Å². The highest BCUT2D eigenvalue weighted by atomic mass is 19.2. The van der Waals surface area contributed by atoms with Crippen LogP contribution in [0.2, 0.25) is 0 Å². The molecule has 228 valence electrons. The molecule has 5 rings (SSSR count).